The van der Waals surface area contributed by atoms with E-state index in [2.05, 4.69) is 24.4 Å². The third kappa shape index (κ3) is 5.60. The van der Waals surface area contributed by atoms with E-state index in [4.69, 9.17) is 4.74 Å². The number of carbonyl (C=O) groups is 1. The van der Waals surface area contributed by atoms with Crippen LogP contribution in [0.3, 0.4) is 0 Å². The molecular formula is C19H20F3NO2. The molecule has 0 aliphatic carbocycles. The molecule has 1 heterocycles. The van der Waals surface area contributed by atoms with Crippen LogP contribution < -0.4 is 5.32 Å². The van der Waals surface area contributed by atoms with E-state index in [0.717, 1.165) is 12.1 Å². The van der Waals surface area contributed by atoms with Gasteiger partial charge in [-0.25, -0.2) is 0 Å². The van der Waals surface area contributed by atoms with Gasteiger partial charge in [-0.05, 0) is 36.6 Å². The van der Waals surface area contributed by atoms with Gasteiger partial charge in [0.1, 0.15) is 0 Å². The van der Waals surface area contributed by atoms with Crippen molar-refractivity contribution in [2.45, 2.75) is 32.2 Å². The molecule has 1 N–H and O–H groups in total. The maximum Gasteiger partial charge on any atom is 0.416 e. The molecule has 3 nitrogen and oxygen atoms in total. The number of fused-ring (bicyclic) bond motifs is 1. The highest BCUT2D eigenvalue weighted by molar-refractivity contribution is 5.49. The first-order valence-corrected chi connectivity index (χ1v) is 7.91. The highest BCUT2D eigenvalue weighted by atomic mass is 19.4. The zero-order chi connectivity index (χ0) is 18.3. The van der Waals surface area contributed by atoms with Gasteiger partial charge in [-0.2, -0.15) is 13.2 Å². The van der Waals surface area contributed by atoms with Gasteiger partial charge in [0.15, 0.2) is 0 Å². The Bertz CT molecular complexity index is 687. The molecule has 134 valence electrons. The summed E-state index contributed by atoms with van der Waals surface area (Å²) < 4.78 is 43.0. The number of rotatable bonds is 2. The molecule has 1 amide bonds. The maximum atomic E-state index is 12.6. The van der Waals surface area contributed by atoms with Gasteiger partial charge in [0, 0.05) is 6.61 Å². The summed E-state index contributed by atoms with van der Waals surface area (Å²) in [6.07, 6.45) is -3.26. The molecule has 3 rings (SSSR count). The number of ether oxygens (including phenoxy) is 1. The van der Waals surface area contributed by atoms with E-state index >= 15 is 0 Å². The summed E-state index contributed by atoms with van der Waals surface area (Å²) in [5.41, 5.74) is 1.79. The normalized spacial score (nSPS) is 16.7. The molecular weight excluding hydrogens is 331 g/mol. The topological polar surface area (TPSA) is 38.3 Å². The summed E-state index contributed by atoms with van der Waals surface area (Å²) in [4.78, 5) is 10.5. The Morgan fingerprint density at radius 1 is 1.16 bits per heavy atom. The van der Waals surface area contributed by atoms with Crippen molar-refractivity contribution in [2.24, 2.45) is 0 Å². The van der Waals surface area contributed by atoms with Crippen molar-refractivity contribution < 1.29 is 22.7 Å². The Morgan fingerprint density at radius 2 is 1.88 bits per heavy atom. The highest BCUT2D eigenvalue weighted by Gasteiger charge is 2.32. The van der Waals surface area contributed by atoms with Crippen molar-refractivity contribution in [3.63, 3.8) is 0 Å². The molecule has 0 aromatic heterocycles. The summed E-state index contributed by atoms with van der Waals surface area (Å²) in [7, 11) is 0. The standard InChI is InChI=1S/C12H12F3NO2.C7H8/c13-12(14,15)9-1-2-10-8(5-9)6-18-4-3-11(10)16-7-17;1-7-5-3-2-4-6-7/h1-2,5,7,11H,3-4,6H2,(H,16,17);2-6H,1H3. The number of nitrogens with one attached hydrogen (secondary N) is 1. The minimum Gasteiger partial charge on any atom is -0.377 e. The van der Waals surface area contributed by atoms with Gasteiger partial charge in [-0.1, -0.05) is 42.0 Å². The van der Waals surface area contributed by atoms with Crippen LogP contribution in [-0.4, -0.2) is 13.0 Å². The molecule has 1 aliphatic heterocycles. The van der Waals surface area contributed by atoms with Crippen LogP contribution in [0, 0.1) is 6.92 Å². The lowest BCUT2D eigenvalue weighted by Gasteiger charge is -2.17. The zero-order valence-electron chi connectivity index (χ0n) is 13.8. The van der Waals surface area contributed by atoms with Gasteiger partial charge in [-0.3, -0.25) is 4.79 Å². The van der Waals surface area contributed by atoms with Gasteiger partial charge >= 0.3 is 6.18 Å². The predicted molar refractivity (Wildman–Crippen MR) is 88.8 cm³/mol. The van der Waals surface area contributed by atoms with Crippen LogP contribution in [0.5, 0.6) is 0 Å². The average Bonchev–Trinajstić information content (AvgIpc) is 2.78. The van der Waals surface area contributed by atoms with Gasteiger partial charge in [0.05, 0.1) is 18.2 Å². The first kappa shape index (κ1) is 19.0. The van der Waals surface area contributed by atoms with Crippen molar-refractivity contribution in [1.82, 2.24) is 5.32 Å². The molecule has 2 aromatic rings. The number of alkyl halides is 3. The second-order valence-corrected chi connectivity index (χ2v) is 5.74. The lowest BCUT2D eigenvalue weighted by atomic mass is 9.97. The summed E-state index contributed by atoms with van der Waals surface area (Å²) >= 11 is 0. The van der Waals surface area contributed by atoms with Crippen molar-refractivity contribution >= 4 is 6.41 Å². The summed E-state index contributed by atoms with van der Waals surface area (Å²) in [6.45, 7) is 2.62. The Kier molecular flexibility index (Phi) is 6.58. The minimum absolute atomic E-state index is 0.135. The molecule has 6 heteroatoms. The van der Waals surface area contributed by atoms with Crippen LogP contribution in [0.1, 0.15) is 34.7 Å². The average molecular weight is 351 g/mol. The Hall–Kier alpha value is -2.34. The number of hydrogen-bond donors (Lipinski definition) is 1. The first-order chi connectivity index (χ1) is 11.9. The van der Waals surface area contributed by atoms with E-state index in [0.29, 0.717) is 30.6 Å². The van der Waals surface area contributed by atoms with Crippen LogP contribution in [0.4, 0.5) is 13.2 Å². The third-order valence-electron chi connectivity index (χ3n) is 3.86. The molecule has 1 aliphatic rings. The fourth-order valence-corrected chi connectivity index (χ4v) is 2.58. The molecule has 2 aromatic carbocycles. The molecule has 0 bridgehead atoms. The van der Waals surface area contributed by atoms with Gasteiger partial charge in [0.2, 0.25) is 6.41 Å². The molecule has 0 spiro atoms. The first-order valence-electron chi connectivity index (χ1n) is 7.91. The fourth-order valence-electron chi connectivity index (χ4n) is 2.58. The van der Waals surface area contributed by atoms with Crippen LogP contribution >= 0.6 is 0 Å². The molecule has 1 unspecified atom stereocenters. The van der Waals surface area contributed by atoms with E-state index in [9.17, 15) is 18.0 Å². The second-order valence-electron chi connectivity index (χ2n) is 5.74. The maximum absolute atomic E-state index is 12.6. The van der Waals surface area contributed by atoms with Gasteiger partial charge in [0.25, 0.3) is 0 Å². The summed E-state index contributed by atoms with van der Waals surface area (Å²) in [5.74, 6) is 0. The molecule has 0 radical (unpaired) electrons. The minimum atomic E-state index is -4.37. The van der Waals surface area contributed by atoms with E-state index in [1.54, 1.807) is 0 Å². The highest BCUT2D eigenvalue weighted by Crippen LogP contribution is 2.33. The Morgan fingerprint density at radius 3 is 2.44 bits per heavy atom. The summed E-state index contributed by atoms with van der Waals surface area (Å²) in [6, 6.07) is 13.5. The molecule has 1 atom stereocenters. The molecule has 0 saturated carbocycles. The molecule has 0 fully saturated rings. The number of amides is 1. The fraction of sp³-hybridized carbons (Fsp3) is 0.316. The van der Waals surface area contributed by atoms with Crippen molar-refractivity contribution in [2.75, 3.05) is 6.61 Å². The predicted octanol–water partition coefficient (Wildman–Crippen LogP) is 4.41. The Labute approximate surface area is 144 Å². The quantitative estimate of drug-likeness (QED) is 0.814. The molecule has 25 heavy (non-hydrogen) atoms. The van der Waals surface area contributed by atoms with Crippen LogP contribution in [0.25, 0.3) is 0 Å². The van der Waals surface area contributed by atoms with Crippen LogP contribution in [0.15, 0.2) is 48.5 Å². The van der Waals surface area contributed by atoms with Gasteiger partial charge in [-0.15, -0.1) is 0 Å². The lowest BCUT2D eigenvalue weighted by Crippen LogP contribution is -2.20. The van der Waals surface area contributed by atoms with Crippen molar-refractivity contribution in [3.05, 3.63) is 70.8 Å². The van der Waals surface area contributed by atoms with Crippen molar-refractivity contribution in [1.29, 1.82) is 0 Å². The smallest absolute Gasteiger partial charge is 0.377 e. The number of benzene rings is 2. The third-order valence-corrected chi connectivity index (χ3v) is 3.86. The largest absolute Gasteiger partial charge is 0.416 e. The Balaban J connectivity index is 0.000000269. The van der Waals surface area contributed by atoms with Crippen LogP contribution in [0.2, 0.25) is 0 Å². The SMILES string of the molecule is Cc1ccccc1.O=CNC1CCOCc2cc(C(F)(F)F)ccc21. The molecule has 0 saturated heterocycles. The second kappa shape index (κ2) is 8.67. The number of halogens is 3. The summed E-state index contributed by atoms with van der Waals surface area (Å²) in [5, 5.41) is 2.60. The number of aryl methyl sites for hydroxylation is 1. The lowest BCUT2D eigenvalue weighted by molar-refractivity contribution is -0.137. The van der Waals surface area contributed by atoms with E-state index in [-0.39, 0.29) is 12.6 Å². The van der Waals surface area contributed by atoms with Crippen LogP contribution in [-0.2, 0) is 22.3 Å². The zero-order valence-corrected chi connectivity index (χ0v) is 13.8. The van der Waals surface area contributed by atoms with E-state index < -0.39 is 11.7 Å². The van der Waals surface area contributed by atoms with Gasteiger partial charge < -0.3 is 10.1 Å². The number of carbonyl (C=O) groups excluding carboxylic acids is 1. The van der Waals surface area contributed by atoms with Crippen molar-refractivity contribution in [3.8, 4) is 0 Å². The monoisotopic (exact) mass is 351 g/mol. The van der Waals surface area contributed by atoms with E-state index in [1.165, 1.54) is 11.6 Å². The number of hydrogen-bond acceptors (Lipinski definition) is 2. The van der Waals surface area contributed by atoms with E-state index in [1.807, 2.05) is 18.2 Å².